The van der Waals surface area contributed by atoms with E-state index in [2.05, 4.69) is 47.0 Å². The van der Waals surface area contributed by atoms with E-state index in [0.29, 0.717) is 0 Å². The van der Waals surface area contributed by atoms with Crippen molar-refractivity contribution in [3.8, 4) is 0 Å². The predicted octanol–water partition coefficient (Wildman–Crippen LogP) is 3.68. The molecule has 1 aromatic heterocycles. The molecule has 0 bridgehead atoms. The third-order valence-corrected chi connectivity index (χ3v) is 3.30. The first-order chi connectivity index (χ1) is 4.84. The van der Waals surface area contributed by atoms with Gasteiger partial charge in [-0.3, -0.25) is 0 Å². The highest BCUT2D eigenvalue weighted by Gasteiger charge is 2.03. The largest absolute Gasteiger partial charge is 0.149 e. The van der Waals surface area contributed by atoms with Crippen LogP contribution < -0.4 is 0 Å². The van der Waals surface area contributed by atoms with Crippen LogP contribution in [0.25, 0.3) is 0 Å². The van der Waals surface area contributed by atoms with Crippen molar-refractivity contribution < 1.29 is 0 Å². The first-order valence-electron chi connectivity index (χ1n) is 3.44. The highest BCUT2D eigenvalue weighted by molar-refractivity contribution is 14.1. The Labute approximate surface area is 79.8 Å². The average Bonchev–Trinajstić information content (AvgIpc) is 2.38. The second-order valence-electron chi connectivity index (χ2n) is 2.39. The normalized spacial score (nSPS) is 13.4. The van der Waals surface area contributed by atoms with Gasteiger partial charge >= 0.3 is 0 Å². The molecule has 0 spiro atoms. The van der Waals surface area contributed by atoms with Crippen molar-refractivity contribution >= 4 is 33.9 Å². The second kappa shape index (κ2) is 4.34. The molecule has 0 saturated carbocycles. The standard InChI is InChI=1S/C8H11IS/c1-7(4-5-9)8-3-2-6-10-8/h2-3,6-7H,4-5H2,1H3. The van der Waals surface area contributed by atoms with Crippen molar-refractivity contribution in [2.24, 2.45) is 0 Å². The maximum atomic E-state index is 2.43. The van der Waals surface area contributed by atoms with Crippen molar-refractivity contribution in [3.63, 3.8) is 0 Å². The molecular formula is C8H11IS. The molecule has 2 heteroatoms. The van der Waals surface area contributed by atoms with Crippen LogP contribution in [0.4, 0.5) is 0 Å². The number of hydrogen-bond acceptors (Lipinski definition) is 1. The van der Waals surface area contributed by atoms with Gasteiger partial charge in [0.15, 0.2) is 0 Å². The number of hydrogen-bond donors (Lipinski definition) is 0. The summed E-state index contributed by atoms with van der Waals surface area (Å²) in [6.45, 7) is 2.30. The summed E-state index contributed by atoms with van der Waals surface area (Å²) in [7, 11) is 0. The minimum absolute atomic E-state index is 0.761. The highest BCUT2D eigenvalue weighted by atomic mass is 127. The molecule has 1 unspecified atom stereocenters. The fourth-order valence-corrected chi connectivity index (χ4v) is 2.63. The first-order valence-corrected chi connectivity index (χ1v) is 5.84. The number of alkyl halides is 1. The lowest BCUT2D eigenvalue weighted by Gasteiger charge is -2.04. The molecule has 0 saturated heterocycles. The van der Waals surface area contributed by atoms with Crippen molar-refractivity contribution in [2.45, 2.75) is 19.3 Å². The van der Waals surface area contributed by atoms with E-state index >= 15 is 0 Å². The van der Waals surface area contributed by atoms with Gasteiger partial charge in [-0.1, -0.05) is 35.6 Å². The molecule has 1 aromatic rings. The van der Waals surface area contributed by atoms with Gasteiger partial charge in [0.2, 0.25) is 0 Å². The van der Waals surface area contributed by atoms with Gasteiger partial charge in [-0.15, -0.1) is 11.3 Å². The SMILES string of the molecule is CC(CCI)c1cccs1. The van der Waals surface area contributed by atoms with Crippen molar-refractivity contribution in [1.82, 2.24) is 0 Å². The molecule has 56 valence electrons. The van der Waals surface area contributed by atoms with Crippen molar-refractivity contribution in [3.05, 3.63) is 22.4 Å². The Kier molecular flexibility index (Phi) is 3.70. The van der Waals surface area contributed by atoms with Crippen LogP contribution >= 0.6 is 33.9 Å². The Balaban J connectivity index is 2.50. The lowest BCUT2D eigenvalue weighted by Crippen LogP contribution is -1.89. The van der Waals surface area contributed by atoms with E-state index < -0.39 is 0 Å². The molecule has 0 aliphatic heterocycles. The molecule has 0 aliphatic carbocycles. The maximum absolute atomic E-state index is 2.43. The van der Waals surface area contributed by atoms with Gasteiger partial charge in [0.1, 0.15) is 0 Å². The van der Waals surface area contributed by atoms with Crippen LogP contribution in [0, 0.1) is 0 Å². The molecule has 0 fully saturated rings. The van der Waals surface area contributed by atoms with E-state index in [0.717, 1.165) is 5.92 Å². The average molecular weight is 266 g/mol. The van der Waals surface area contributed by atoms with Gasteiger partial charge in [-0.2, -0.15) is 0 Å². The number of thiophene rings is 1. The van der Waals surface area contributed by atoms with Crippen molar-refractivity contribution in [2.75, 3.05) is 4.43 Å². The molecule has 0 radical (unpaired) electrons. The molecular weight excluding hydrogens is 255 g/mol. The minimum atomic E-state index is 0.761. The van der Waals surface area contributed by atoms with E-state index in [1.165, 1.54) is 15.7 Å². The fourth-order valence-electron chi connectivity index (χ4n) is 0.878. The number of halogens is 1. The molecule has 1 heterocycles. The lowest BCUT2D eigenvalue weighted by atomic mass is 10.1. The third kappa shape index (κ3) is 2.23. The Hall–Kier alpha value is 0.430. The summed E-state index contributed by atoms with van der Waals surface area (Å²) in [5.41, 5.74) is 0. The van der Waals surface area contributed by atoms with Crippen LogP contribution in [0.1, 0.15) is 24.1 Å². The summed E-state index contributed by atoms with van der Waals surface area (Å²) in [6.07, 6.45) is 1.31. The van der Waals surface area contributed by atoms with Gasteiger partial charge in [-0.05, 0) is 23.8 Å². The van der Waals surface area contributed by atoms with Crippen LogP contribution in [0.3, 0.4) is 0 Å². The molecule has 0 nitrogen and oxygen atoms in total. The van der Waals surface area contributed by atoms with Gasteiger partial charge in [0.05, 0.1) is 0 Å². The summed E-state index contributed by atoms with van der Waals surface area (Å²) < 4.78 is 1.26. The zero-order valence-corrected chi connectivity index (χ0v) is 8.98. The summed E-state index contributed by atoms with van der Waals surface area (Å²) >= 11 is 4.30. The van der Waals surface area contributed by atoms with Crippen LogP contribution in [0.5, 0.6) is 0 Å². The summed E-state index contributed by atoms with van der Waals surface area (Å²) in [5, 5.41) is 2.15. The van der Waals surface area contributed by atoms with E-state index in [-0.39, 0.29) is 0 Å². The zero-order valence-electron chi connectivity index (χ0n) is 6.01. The quantitative estimate of drug-likeness (QED) is 0.578. The molecule has 0 amide bonds. The lowest BCUT2D eigenvalue weighted by molar-refractivity contribution is 0.763. The number of rotatable bonds is 3. The zero-order chi connectivity index (χ0) is 7.40. The van der Waals surface area contributed by atoms with E-state index in [4.69, 9.17) is 0 Å². The van der Waals surface area contributed by atoms with Crippen LogP contribution in [-0.4, -0.2) is 4.43 Å². The molecule has 1 rings (SSSR count). The Bertz CT molecular complexity index is 169. The van der Waals surface area contributed by atoms with E-state index in [1.807, 2.05) is 11.3 Å². The minimum Gasteiger partial charge on any atom is -0.149 e. The van der Waals surface area contributed by atoms with Gasteiger partial charge in [-0.25, -0.2) is 0 Å². The van der Waals surface area contributed by atoms with Gasteiger partial charge in [0.25, 0.3) is 0 Å². The Morgan fingerprint density at radius 1 is 1.70 bits per heavy atom. The highest BCUT2D eigenvalue weighted by Crippen LogP contribution is 2.23. The Morgan fingerprint density at radius 3 is 3.00 bits per heavy atom. The topological polar surface area (TPSA) is 0 Å². The van der Waals surface area contributed by atoms with Gasteiger partial charge < -0.3 is 0 Å². The van der Waals surface area contributed by atoms with Crippen LogP contribution in [-0.2, 0) is 0 Å². The third-order valence-electron chi connectivity index (χ3n) is 1.57. The molecule has 0 N–H and O–H groups in total. The molecule has 10 heavy (non-hydrogen) atoms. The van der Waals surface area contributed by atoms with E-state index in [1.54, 1.807) is 0 Å². The molecule has 1 atom stereocenters. The fraction of sp³-hybridized carbons (Fsp3) is 0.500. The van der Waals surface area contributed by atoms with E-state index in [9.17, 15) is 0 Å². The monoisotopic (exact) mass is 266 g/mol. The molecule has 0 aromatic carbocycles. The predicted molar refractivity (Wildman–Crippen MR) is 56.2 cm³/mol. The summed E-state index contributed by atoms with van der Waals surface area (Å²) in [4.78, 5) is 1.52. The summed E-state index contributed by atoms with van der Waals surface area (Å²) in [6, 6.07) is 4.35. The first kappa shape index (κ1) is 8.53. The van der Waals surface area contributed by atoms with Gasteiger partial charge in [0, 0.05) is 9.30 Å². The summed E-state index contributed by atoms with van der Waals surface area (Å²) in [5.74, 6) is 0.761. The second-order valence-corrected chi connectivity index (χ2v) is 4.45. The van der Waals surface area contributed by atoms with Crippen molar-refractivity contribution in [1.29, 1.82) is 0 Å². The van der Waals surface area contributed by atoms with Crippen LogP contribution in [0.15, 0.2) is 17.5 Å². The maximum Gasteiger partial charge on any atom is 0.00736 e. The molecule has 0 aliphatic rings. The van der Waals surface area contributed by atoms with Crippen LogP contribution in [0.2, 0.25) is 0 Å². The smallest absolute Gasteiger partial charge is 0.00736 e. The Morgan fingerprint density at radius 2 is 2.50 bits per heavy atom.